The molecule has 0 heterocycles. The van der Waals surface area contributed by atoms with Crippen LogP contribution in [0.15, 0.2) is 0 Å². The standard InChI is InChI=1S/C12H17F2NO3/c13-12(14)5-3-8(4-6-12)11(18)15(7-10(16)17)9-1-2-9/h8-9H,1-7H2,(H,16,17). The molecule has 0 saturated heterocycles. The molecule has 4 nitrogen and oxygen atoms in total. The van der Waals surface area contributed by atoms with Crippen LogP contribution in [0.2, 0.25) is 0 Å². The van der Waals surface area contributed by atoms with Crippen molar-refractivity contribution in [3.05, 3.63) is 0 Å². The fraction of sp³-hybridized carbons (Fsp3) is 0.833. The molecule has 1 N–H and O–H groups in total. The maximum atomic E-state index is 13.0. The van der Waals surface area contributed by atoms with Gasteiger partial charge in [0.2, 0.25) is 11.8 Å². The van der Waals surface area contributed by atoms with E-state index in [1.165, 1.54) is 4.90 Å². The second-order valence-electron chi connectivity index (χ2n) is 5.22. The molecule has 0 atom stereocenters. The summed E-state index contributed by atoms with van der Waals surface area (Å²) in [5.74, 6) is -4.38. The Bertz CT molecular complexity index is 345. The van der Waals surface area contributed by atoms with Crippen LogP contribution in [0.5, 0.6) is 0 Å². The fourth-order valence-electron chi connectivity index (χ4n) is 2.44. The lowest BCUT2D eigenvalue weighted by Gasteiger charge is -2.31. The minimum absolute atomic E-state index is 0.0102. The summed E-state index contributed by atoms with van der Waals surface area (Å²) >= 11 is 0. The summed E-state index contributed by atoms with van der Waals surface area (Å²) in [4.78, 5) is 24.2. The third-order valence-electron chi connectivity index (χ3n) is 3.64. The van der Waals surface area contributed by atoms with E-state index in [0.29, 0.717) is 0 Å². The molecule has 1 amide bonds. The summed E-state index contributed by atoms with van der Waals surface area (Å²) in [6, 6.07) is 0.0102. The highest BCUT2D eigenvalue weighted by atomic mass is 19.3. The lowest BCUT2D eigenvalue weighted by molar-refractivity contribution is -0.149. The van der Waals surface area contributed by atoms with Gasteiger partial charge in [0.05, 0.1) is 0 Å². The van der Waals surface area contributed by atoms with Crippen molar-refractivity contribution in [2.45, 2.75) is 50.5 Å². The number of hydrogen-bond donors (Lipinski definition) is 1. The van der Waals surface area contributed by atoms with E-state index in [1.54, 1.807) is 0 Å². The van der Waals surface area contributed by atoms with Gasteiger partial charge in [-0.15, -0.1) is 0 Å². The van der Waals surface area contributed by atoms with Crippen molar-refractivity contribution in [2.24, 2.45) is 5.92 Å². The Balaban J connectivity index is 1.94. The molecule has 2 aliphatic carbocycles. The number of nitrogens with zero attached hydrogens (tertiary/aromatic N) is 1. The van der Waals surface area contributed by atoms with Gasteiger partial charge in [0.1, 0.15) is 6.54 Å². The van der Waals surface area contributed by atoms with Gasteiger partial charge in [-0.05, 0) is 25.7 Å². The van der Waals surface area contributed by atoms with Crippen molar-refractivity contribution in [2.75, 3.05) is 6.54 Å². The molecule has 0 aliphatic heterocycles. The number of alkyl halides is 2. The SMILES string of the molecule is O=C(O)CN(C(=O)C1CCC(F)(F)CC1)C1CC1. The molecule has 0 radical (unpaired) electrons. The highest BCUT2D eigenvalue weighted by Gasteiger charge is 2.42. The number of carbonyl (C=O) groups is 2. The van der Waals surface area contributed by atoms with Gasteiger partial charge in [0.15, 0.2) is 0 Å². The zero-order valence-corrected chi connectivity index (χ0v) is 10.1. The van der Waals surface area contributed by atoms with Gasteiger partial charge >= 0.3 is 5.97 Å². The van der Waals surface area contributed by atoms with Gasteiger partial charge in [-0.3, -0.25) is 9.59 Å². The summed E-state index contributed by atoms with van der Waals surface area (Å²) in [5, 5.41) is 8.78. The fourth-order valence-corrected chi connectivity index (χ4v) is 2.44. The summed E-state index contributed by atoms with van der Waals surface area (Å²) < 4.78 is 26.0. The minimum Gasteiger partial charge on any atom is -0.480 e. The molecule has 0 bridgehead atoms. The van der Waals surface area contributed by atoms with Crippen molar-refractivity contribution in [1.29, 1.82) is 0 Å². The van der Waals surface area contributed by atoms with E-state index in [2.05, 4.69) is 0 Å². The molecule has 18 heavy (non-hydrogen) atoms. The maximum Gasteiger partial charge on any atom is 0.323 e. The average Bonchev–Trinajstić information content (AvgIpc) is 3.08. The monoisotopic (exact) mass is 261 g/mol. The first-order chi connectivity index (χ1) is 8.39. The minimum atomic E-state index is -2.66. The molecule has 2 fully saturated rings. The van der Waals surface area contributed by atoms with Crippen LogP contribution in [0.3, 0.4) is 0 Å². The third kappa shape index (κ3) is 3.17. The highest BCUT2D eigenvalue weighted by molar-refractivity contribution is 5.83. The summed E-state index contributed by atoms with van der Waals surface area (Å²) in [5.41, 5.74) is 0. The van der Waals surface area contributed by atoms with E-state index in [-0.39, 0.29) is 44.2 Å². The van der Waals surface area contributed by atoms with Crippen LogP contribution in [0.1, 0.15) is 38.5 Å². The smallest absolute Gasteiger partial charge is 0.323 e. The molecule has 0 aromatic carbocycles. The largest absolute Gasteiger partial charge is 0.480 e. The van der Waals surface area contributed by atoms with Gasteiger partial charge in [0, 0.05) is 24.8 Å². The summed E-state index contributed by atoms with van der Waals surface area (Å²) in [7, 11) is 0. The summed E-state index contributed by atoms with van der Waals surface area (Å²) in [6.45, 7) is -0.309. The molecule has 0 unspecified atom stereocenters. The van der Waals surface area contributed by atoms with Crippen LogP contribution in [0.25, 0.3) is 0 Å². The zero-order chi connectivity index (χ0) is 13.3. The van der Waals surface area contributed by atoms with E-state index in [4.69, 9.17) is 5.11 Å². The molecule has 2 aliphatic rings. The van der Waals surface area contributed by atoms with Crippen molar-refractivity contribution in [3.63, 3.8) is 0 Å². The first-order valence-corrected chi connectivity index (χ1v) is 6.29. The lowest BCUT2D eigenvalue weighted by atomic mass is 9.86. The van der Waals surface area contributed by atoms with E-state index in [0.717, 1.165) is 12.8 Å². The Hall–Kier alpha value is -1.20. The van der Waals surface area contributed by atoms with Crippen molar-refractivity contribution in [1.82, 2.24) is 4.90 Å². The number of rotatable bonds is 4. The molecule has 0 aromatic rings. The maximum absolute atomic E-state index is 13.0. The van der Waals surface area contributed by atoms with Gasteiger partial charge in [-0.1, -0.05) is 0 Å². The predicted octanol–water partition coefficient (Wildman–Crippen LogP) is 1.89. The number of amides is 1. The average molecular weight is 261 g/mol. The third-order valence-corrected chi connectivity index (χ3v) is 3.64. The highest BCUT2D eigenvalue weighted by Crippen LogP contribution is 2.38. The van der Waals surface area contributed by atoms with Gasteiger partial charge in [0.25, 0.3) is 0 Å². The molecular formula is C12H17F2NO3. The van der Waals surface area contributed by atoms with Crippen molar-refractivity contribution in [3.8, 4) is 0 Å². The van der Waals surface area contributed by atoms with Crippen molar-refractivity contribution >= 4 is 11.9 Å². The number of carbonyl (C=O) groups excluding carboxylic acids is 1. The molecule has 0 aromatic heterocycles. The topological polar surface area (TPSA) is 57.6 Å². The van der Waals surface area contributed by atoms with Crippen LogP contribution < -0.4 is 0 Å². The molecule has 6 heteroatoms. The van der Waals surface area contributed by atoms with E-state index in [9.17, 15) is 18.4 Å². The van der Waals surface area contributed by atoms with Gasteiger partial charge < -0.3 is 10.0 Å². The van der Waals surface area contributed by atoms with E-state index in [1.807, 2.05) is 0 Å². The Morgan fingerprint density at radius 1 is 1.17 bits per heavy atom. The number of carboxylic acid groups (broad SMARTS) is 1. The zero-order valence-electron chi connectivity index (χ0n) is 10.1. The normalized spacial score (nSPS) is 23.7. The van der Waals surface area contributed by atoms with Gasteiger partial charge in [-0.2, -0.15) is 0 Å². The van der Waals surface area contributed by atoms with Crippen LogP contribution in [-0.2, 0) is 9.59 Å². The Morgan fingerprint density at radius 2 is 1.72 bits per heavy atom. The quantitative estimate of drug-likeness (QED) is 0.840. The van der Waals surface area contributed by atoms with Gasteiger partial charge in [-0.25, -0.2) is 8.78 Å². The number of halogens is 2. The van der Waals surface area contributed by atoms with Crippen LogP contribution >= 0.6 is 0 Å². The van der Waals surface area contributed by atoms with E-state index >= 15 is 0 Å². The van der Waals surface area contributed by atoms with Crippen LogP contribution in [0.4, 0.5) is 8.78 Å². The number of hydrogen-bond acceptors (Lipinski definition) is 2. The van der Waals surface area contributed by atoms with Crippen molar-refractivity contribution < 1.29 is 23.5 Å². The molecular weight excluding hydrogens is 244 g/mol. The molecule has 102 valence electrons. The predicted molar refractivity (Wildman–Crippen MR) is 59.3 cm³/mol. The second kappa shape index (κ2) is 4.82. The van der Waals surface area contributed by atoms with Crippen LogP contribution in [-0.4, -0.2) is 40.4 Å². The van der Waals surface area contributed by atoms with Crippen LogP contribution in [0, 0.1) is 5.92 Å². The first-order valence-electron chi connectivity index (χ1n) is 6.29. The molecule has 2 rings (SSSR count). The Morgan fingerprint density at radius 3 is 2.17 bits per heavy atom. The second-order valence-corrected chi connectivity index (χ2v) is 5.22. The summed E-state index contributed by atoms with van der Waals surface area (Å²) in [6.07, 6.45) is 1.43. The first kappa shape index (κ1) is 13.2. The molecule has 2 saturated carbocycles. The molecule has 0 spiro atoms. The lowest BCUT2D eigenvalue weighted by Crippen LogP contribution is -2.43. The number of aliphatic carboxylic acids is 1. The number of carboxylic acids is 1. The Labute approximate surface area is 104 Å². The van der Waals surface area contributed by atoms with E-state index < -0.39 is 17.8 Å². The Kier molecular flexibility index (Phi) is 3.54.